The fourth-order valence-corrected chi connectivity index (χ4v) is 11.3. The summed E-state index contributed by atoms with van der Waals surface area (Å²) in [4.78, 5) is 16.4. The Kier molecular flexibility index (Phi) is 9.73. The number of nitrogens with zero attached hydrogens (tertiary/aromatic N) is 4. The molecule has 0 unspecified atom stereocenters. The Balaban J connectivity index is 0.895. The SMILES string of the molecule is C=Cc1sc2cc(-c3cccc(C4=CCCc5c4n(-c4cccc(-c6cccc(-c7nc(-c8ccccc8)nc(-c8ccc9c(c8)oc8ccccc89)n7)c6)c4)c4ccccc54)c3)ccc2c1C=C. The maximum absolute atomic E-state index is 6.29. The second-order valence-electron chi connectivity index (χ2n) is 17.5. The number of benzene rings is 8. The van der Waals surface area contributed by atoms with Gasteiger partial charge in [-0.3, -0.25) is 0 Å². The fraction of sp³-hybridized carbons (Fsp3) is 0.0317. The molecule has 0 saturated heterocycles. The van der Waals surface area contributed by atoms with E-state index >= 15 is 0 Å². The molecule has 1 aliphatic rings. The lowest BCUT2D eigenvalue weighted by atomic mass is 9.89. The van der Waals surface area contributed by atoms with Crippen molar-refractivity contribution in [1.29, 1.82) is 0 Å². The van der Waals surface area contributed by atoms with Gasteiger partial charge in [0.15, 0.2) is 17.5 Å². The largest absolute Gasteiger partial charge is 0.456 e. The van der Waals surface area contributed by atoms with Gasteiger partial charge in [0.2, 0.25) is 0 Å². The Hall–Kier alpha value is -8.71. The first-order valence-corrected chi connectivity index (χ1v) is 24.1. The van der Waals surface area contributed by atoms with Crippen LogP contribution in [0, 0.1) is 0 Å². The Bertz CT molecular complexity index is 4070. The van der Waals surface area contributed by atoms with E-state index in [4.69, 9.17) is 19.4 Å². The van der Waals surface area contributed by atoms with Crippen molar-refractivity contribution < 1.29 is 4.42 Å². The Labute approximate surface area is 403 Å². The predicted octanol–water partition coefficient (Wildman–Crippen LogP) is 16.9. The van der Waals surface area contributed by atoms with Crippen molar-refractivity contribution in [2.45, 2.75) is 12.8 Å². The van der Waals surface area contributed by atoms with E-state index in [0.717, 1.165) is 78.7 Å². The molecule has 0 spiro atoms. The quantitative estimate of drug-likeness (QED) is 0.145. The third kappa shape index (κ3) is 6.95. The van der Waals surface area contributed by atoms with Gasteiger partial charge in [0.25, 0.3) is 0 Å². The van der Waals surface area contributed by atoms with Gasteiger partial charge in [0.05, 0.1) is 11.2 Å². The highest BCUT2D eigenvalue weighted by Gasteiger charge is 2.25. The molecule has 6 heteroatoms. The van der Waals surface area contributed by atoms with Crippen molar-refractivity contribution in [1.82, 2.24) is 19.5 Å². The first-order chi connectivity index (χ1) is 34.1. The topological polar surface area (TPSA) is 56.7 Å². The second kappa shape index (κ2) is 16.6. The van der Waals surface area contributed by atoms with E-state index < -0.39 is 0 Å². The number of para-hydroxylation sites is 2. The van der Waals surface area contributed by atoms with E-state index in [9.17, 15) is 0 Å². The van der Waals surface area contributed by atoms with Crippen LogP contribution in [-0.4, -0.2) is 19.5 Å². The lowest BCUT2D eigenvalue weighted by molar-refractivity contribution is 0.669. The van der Waals surface area contributed by atoms with Crippen LogP contribution in [0.2, 0.25) is 0 Å². The van der Waals surface area contributed by atoms with Crippen molar-refractivity contribution in [3.8, 4) is 62.1 Å². The van der Waals surface area contributed by atoms with Gasteiger partial charge in [-0.15, -0.1) is 11.3 Å². The Morgan fingerprint density at radius 2 is 1.07 bits per heavy atom. The highest BCUT2D eigenvalue weighted by molar-refractivity contribution is 7.20. The summed E-state index contributed by atoms with van der Waals surface area (Å²) in [6.07, 6.45) is 8.25. The van der Waals surface area contributed by atoms with E-state index in [1.807, 2.05) is 66.7 Å². The zero-order valence-electron chi connectivity index (χ0n) is 37.6. The van der Waals surface area contributed by atoms with Crippen LogP contribution in [0.1, 0.15) is 33.7 Å². The molecule has 0 fully saturated rings. The summed E-state index contributed by atoms with van der Waals surface area (Å²) in [6.45, 7) is 8.14. The van der Waals surface area contributed by atoms with Gasteiger partial charge < -0.3 is 8.98 Å². The molecule has 0 N–H and O–H groups in total. The van der Waals surface area contributed by atoms with Crippen LogP contribution in [0.25, 0.3) is 123 Å². The molecule has 69 heavy (non-hydrogen) atoms. The number of hydrogen-bond donors (Lipinski definition) is 0. The van der Waals surface area contributed by atoms with Gasteiger partial charge >= 0.3 is 0 Å². The predicted molar refractivity (Wildman–Crippen MR) is 289 cm³/mol. The van der Waals surface area contributed by atoms with Crippen molar-refractivity contribution in [2.75, 3.05) is 0 Å². The van der Waals surface area contributed by atoms with E-state index in [1.165, 1.54) is 54.5 Å². The lowest BCUT2D eigenvalue weighted by Crippen LogP contribution is -2.06. The third-order valence-electron chi connectivity index (χ3n) is 13.5. The summed E-state index contributed by atoms with van der Waals surface area (Å²) in [6, 6.07) is 66.6. The van der Waals surface area contributed by atoms with Crippen molar-refractivity contribution in [3.63, 3.8) is 0 Å². The Morgan fingerprint density at radius 3 is 1.87 bits per heavy atom. The maximum atomic E-state index is 6.29. The summed E-state index contributed by atoms with van der Waals surface area (Å²) < 4.78 is 10.0. The molecule has 0 radical (unpaired) electrons. The van der Waals surface area contributed by atoms with Gasteiger partial charge in [-0.05, 0) is 106 Å². The molecule has 1 aliphatic carbocycles. The molecule has 0 atom stereocenters. The normalized spacial score (nSPS) is 12.4. The number of aryl methyl sites for hydroxylation is 1. The first-order valence-electron chi connectivity index (χ1n) is 23.3. The molecule has 4 aromatic heterocycles. The molecule has 4 heterocycles. The van der Waals surface area contributed by atoms with Crippen LogP contribution in [0.15, 0.2) is 212 Å². The minimum atomic E-state index is 0.583. The smallest absolute Gasteiger partial charge is 0.164 e. The van der Waals surface area contributed by atoms with Crippen molar-refractivity contribution in [2.24, 2.45) is 0 Å². The average molecular weight is 903 g/mol. The van der Waals surface area contributed by atoms with E-state index in [-0.39, 0.29) is 0 Å². The highest BCUT2D eigenvalue weighted by atomic mass is 32.1. The molecular formula is C63H42N4OS. The third-order valence-corrected chi connectivity index (χ3v) is 14.7. The summed E-state index contributed by atoms with van der Waals surface area (Å²) in [5, 5.41) is 4.65. The monoisotopic (exact) mass is 902 g/mol. The molecule has 0 saturated carbocycles. The number of thiophene rings is 1. The minimum Gasteiger partial charge on any atom is -0.456 e. The first kappa shape index (κ1) is 40.6. The van der Waals surface area contributed by atoms with Crippen LogP contribution in [-0.2, 0) is 6.42 Å². The van der Waals surface area contributed by atoms with Crippen LogP contribution >= 0.6 is 11.3 Å². The molecule has 0 amide bonds. The zero-order chi connectivity index (χ0) is 46.0. The number of allylic oxidation sites excluding steroid dienone is 1. The number of fused-ring (bicyclic) bond motifs is 7. The molecule has 8 aromatic carbocycles. The van der Waals surface area contributed by atoms with Crippen LogP contribution < -0.4 is 0 Å². The maximum Gasteiger partial charge on any atom is 0.164 e. The molecule has 5 nitrogen and oxygen atoms in total. The fourth-order valence-electron chi connectivity index (χ4n) is 10.2. The van der Waals surface area contributed by atoms with E-state index in [0.29, 0.717) is 17.5 Å². The standard InChI is InChI=1S/C63H42N4OS/c1-3-48-53-33-30-43(38-59(53)69-58(48)4-2)40-18-12-21-44(34-40)49-26-15-27-54-50-24-8-10-28-55(50)67(60(49)54)47-23-14-20-42(36-47)41-19-13-22-45(35-41)62-64-61(39-16-6-5-7-17-39)65-63(66-62)46-31-32-52-51-25-9-11-29-56(51)68-57(52)37-46/h3-14,16-26,28-38H,1-2,15,27H2. The van der Waals surface area contributed by atoms with Gasteiger partial charge in [-0.2, -0.15) is 0 Å². The number of rotatable bonds is 9. The van der Waals surface area contributed by atoms with Crippen LogP contribution in [0.4, 0.5) is 0 Å². The summed E-state index contributed by atoms with van der Waals surface area (Å²) in [5.74, 6) is 1.79. The minimum absolute atomic E-state index is 0.583. The number of hydrogen-bond acceptors (Lipinski definition) is 5. The van der Waals surface area contributed by atoms with E-state index in [2.05, 4.69) is 157 Å². The van der Waals surface area contributed by atoms with Crippen LogP contribution in [0.3, 0.4) is 0 Å². The van der Waals surface area contributed by atoms with Crippen molar-refractivity contribution in [3.05, 3.63) is 235 Å². The average Bonchev–Trinajstić information content (AvgIpc) is 4.10. The van der Waals surface area contributed by atoms with Crippen molar-refractivity contribution >= 4 is 72.0 Å². The number of aromatic nitrogens is 4. The molecule has 0 aliphatic heterocycles. The molecule has 326 valence electrons. The van der Waals surface area contributed by atoms with Gasteiger partial charge in [-0.25, -0.2) is 15.0 Å². The zero-order valence-corrected chi connectivity index (χ0v) is 38.4. The molecule has 13 rings (SSSR count). The van der Waals surface area contributed by atoms with Gasteiger partial charge in [0.1, 0.15) is 11.2 Å². The van der Waals surface area contributed by atoms with Gasteiger partial charge in [-0.1, -0.05) is 165 Å². The number of furan rings is 1. The van der Waals surface area contributed by atoms with Gasteiger partial charge in [0, 0.05) is 59.1 Å². The highest BCUT2D eigenvalue weighted by Crippen LogP contribution is 2.43. The molecule has 0 bridgehead atoms. The summed E-state index contributed by atoms with van der Waals surface area (Å²) in [5.41, 5.74) is 17.4. The Morgan fingerprint density at radius 1 is 0.478 bits per heavy atom. The molecule has 12 aromatic rings. The van der Waals surface area contributed by atoms with Crippen LogP contribution in [0.5, 0.6) is 0 Å². The summed E-state index contributed by atoms with van der Waals surface area (Å²) in [7, 11) is 0. The van der Waals surface area contributed by atoms with E-state index in [1.54, 1.807) is 11.3 Å². The second-order valence-corrected chi connectivity index (χ2v) is 18.6. The molecular weight excluding hydrogens is 861 g/mol. The lowest BCUT2D eigenvalue weighted by Gasteiger charge is -2.20. The summed E-state index contributed by atoms with van der Waals surface area (Å²) >= 11 is 1.77.